The average molecular weight is 297 g/mol. The molecule has 1 aliphatic heterocycles. The summed E-state index contributed by atoms with van der Waals surface area (Å²) in [5, 5.41) is 0. The van der Waals surface area contributed by atoms with Gasteiger partial charge in [-0.2, -0.15) is 0 Å². The van der Waals surface area contributed by atoms with Crippen LogP contribution in [0.15, 0.2) is 22.9 Å². The van der Waals surface area contributed by atoms with E-state index < -0.39 is 0 Å². The fourth-order valence-electron chi connectivity index (χ4n) is 1.93. The lowest BCUT2D eigenvalue weighted by Gasteiger charge is -2.28. The van der Waals surface area contributed by atoms with E-state index >= 15 is 0 Å². The highest BCUT2D eigenvalue weighted by Crippen LogP contribution is 2.21. The molecule has 0 aromatic carbocycles. The van der Waals surface area contributed by atoms with Crippen LogP contribution in [0.1, 0.15) is 25.3 Å². The van der Waals surface area contributed by atoms with E-state index in [1.54, 1.807) is 12.4 Å². The van der Waals surface area contributed by atoms with Crippen molar-refractivity contribution in [1.29, 1.82) is 0 Å². The van der Waals surface area contributed by atoms with Crippen molar-refractivity contribution in [1.82, 2.24) is 9.88 Å². The summed E-state index contributed by atoms with van der Waals surface area (Å²) in [6.45, 7) is 2.24. The van der Waals surface area contributed by atoms with Gasteiger partial charge in [-0.3, -0.25) is 19.5 Å². The van der Waals surface area contributed by atoms with Crippen molar-refractivity contribution in [3.05, 3.63) is 28.5 Å². The fraction of sp³-hybridized carbons (Fsp3) is 0.417. The number of hydrogen-bond acceptors (Lipinski definition) is 3. The van der Waals surface area contributed by atoms with Crippen LogP contribution >= 0.6 is 15.9 Å². The van der Waals surface area contributed by atoms with Gasteiger partial charge in [0, 0.05) is 29.7 Å². The number of aromatic nitrogens is 1. The van der Waals surface area contributed by atoms with Gasteiger partial charge in [-0.05, 0) is 33.5 Å². The summed E-state index contributed by atoms with van der Waals surface area (Å²) in [6.07, 6.45) is 4.25. The van der Waals surface area contributed by atoms with Gasteiger partial charge in [-0.25, -0.2) is 0 Å². The summed E-state index contributed by atoms with van der Waals surface area (Å²) in [6, 6.07) is 1.87. The van der Waals surface area contributed by atoms with E-state index in [-0.39, 0.29) is 17.7 Å². The molecule has 1 aliphatic rings. The maximum atomic E-state index is 11.8. The predicted molar refractivity (Wildman–Crippen MR) is 65.9 cm³/mol. The fourth-order valence-corrected chi connectivity index (χ4v) is 2.34. The lowest BCUT2D eigenvalue weighted by Crippen LogP contribution is -2.42. The summed E-state index contributed by atoms with van der Waals surface area (Å²) in [5.74, 6) is -0.0191. The van der Waals surface area contributed by atoms with Crippen molar-refractivity contribution in [2.75, 3.05) is 0 Å². The molecule has 2 amide bonds. The minimum atomic E-state index is -0.0891. The predicted octanol–water partition coefficient (Wildman–Crippen LogP) is 2.13. The number of piperidine rings is 1. The molecular formula is C12H13BrN2O2. The van der Waals surface area contributed by atoms with Crippen molar-refractivity contribution < 1.29 is 9.59 Å². The van der Waals surface area contributed by atoms with Crippen molar-refractivity contribution in [3.63, 3.8) is 0 Å². The van der Waals surface area contributed by atoms with Gasteiger partial charge < -0.3 is 0 Å². The molecular weight excluding hydrogens is 284 g/mol. The normalized spacial score (nSPS) is 17.6. The van der Waals surface area contributed by atoms with E-state index in [4.69, 9.17) is 0 Å². The third-order valence-electron chi connectivity index (χ3n) is 2.75. The first-order valence-corrected chi connectivity index (χ1v) is 6.28. The van der Waals surface area contributed by atoms with Crippen LogP contribution in [0.2, 0.25) is 0 Å². The second-order valence-electron chi connectivity index (χ2n) is 4.40. The van der Waals surface area contributed by atoms with Gasteiger partial charge in [0.1, 0.15) is 0 Å². The third-order valence-corrected chi connectivity index (χ3v) is 3.18. The van der Waals surface area contributed by atoms with E-state index in [0.29, 0.717) is 19.4 Å². The highest BCUT2D eigenvalue weighted by atomic mass is 79.9. The van der Waals surface area contributed by atoms with Crippen LogP contribution < -0.4 is 0 Å². The van der Waals surface area contributed by atoms with Crippen LogP contribution in [0.3, 0.4) is 0 Å². The average Bonchev–Trinajstić information content (AvgIpc) is 2.23. The van der Waals surface area contributed by atoms with E-state index in [1.807, 2.05) is 13.0 Å². The van der Waals surface area contributed by atoms with E-state index in [2.05, 4.69) is 20.9 Å². The van der Waals surface area contributed by atoms with Crippen molar-refractivity contribution in [2.45, 2.75) is 26.3 Å². The Labute approximate surface area is 108 Å². The van der Waals surface area contributed by atoms with Crippen molar-refractivity contribution in [3.8, 4) is 0 Å². The Kier molecular flexibility index (Phi) is 3.57. The smallest absolute Gasteiger partial charge is 0.229 e. The molecule has 90 valence electrons. The maximum absolute atomic E-state index is 11.8. The molecule has 0 radical (unpaired) electrons. The summed E-state index contributed by atoms with van der Waals surface area (Å²) >= 11 is 3.32. The third kappa shape index (κ3) is 2.91. The SMILES string of the molecule is CC1CC(=O)N(Cc2cncc(Br)c2)C(=O)C1. The van der Waals surface area contributed by atoms with Crippen LogP contribution in [0.25, 0.3) is 0 Å². The van der Waals surface area contributed by atoms with E-state index in [0.717, 1.165) is 10.0 Å². The lowest BCUT2D eigenvalue weighted by atomic mass is 9.97. The Morgan fingerprint density at radius 3 is 2.59 bits per heavy atom. The molecule has 2 heterocycles. The van der Waals surface area contributed by atoms with E-state index in [9.17, 15) is 9.59 Å². The topological polar surface area (TPSA) is 50.3 Å². The highest BCUT2D eigenvalue weighted by Gasteiger charge is 2.30. The molecule has 0 bridgehead atoms. The van der Waals surface area contributed by atoms with Crippen LogP contribution in [0, 0.1) is 5.92 Å². The summed E-state index contributed by atoms with van der Waals surface area (Å²) in [5.41, 5.74) is 0.857. The van der Waals surface area contributed by atoms with Crippen LogP contribution in [-0.2, 0) is 16.1 Å². The number of nitrogens with zero attached hydrogens (tertiary/aromatic N) is 2. The molecule has 1 saturated heterocycles. The monoisotopic (exact) mass is 296 g/mol. The second kappa shape index (κ2) is 4.96. The molecule has 1 fully saturated rings. The van der Waals surface area contributed by atoms with Gasteiger partial charge in [-0.15, -0.1) is 0 Å². The molecule has 4 nitrogen and oxygen atoms in total. The van der Waals surface area contributed by atoms with Crippen LogP contribution in [-0.4, -0.2) is 21.7 Å². The molecule has 17 heavy (non-hydrogen) atoms. The lowest BCUT2D eigenvalue weighted by molar-refractivity contribution is -0.150. The highest BCUT2D eigenvalue weighted by molar-refractivity contribution is 9.10. The number of amides is 2. The van der Waals surface area contributed by atoms with Crippen LogP contribution in [0.5, 0.6) is 0 Å². The molecule has 1 aromatic rings. The van der Waals surface area contributed by atoms with Crippen LogP contribution in [0.4, 0.5) is 0 Å². The zero-order chi connectivity index (χ0) is 12.4. The molecule has 0 aliphatic carbocycles. The second-order valence-corrected chi connectivity index (χ2v) is 5.31. The standard InChI is InChI=1S/C12H13BrN2O2/c1-8-2-11(16)15(12(17)3-8)7-9-4-10(13)6-14-5-9/h4-6,8H,2-3,7H2,1H3. The number of carbonyl (C=O) groups excluding carboxylic acids is 2. The molecule has 2 rings (SSSR count). The Morgan fingerprint density at radius 2 is 2.00 bits per heavy atom. The first-order chi connectivity index (χ1) is 8.06. The van der Waals surface area contributed by atoms with E-state index in [1.165, 1.54) is 4.90 Å². The number of imide groups is 1. The Hall–Kier alpha value is -1.23. The van der Waals surface area contributed by atoms with Gasteiger partial charge in [0.2, 0.25) is 11.8 Å². The molecule has 5 heteroatoms. The maximum Gasteiger partial charge on any atom is 0.229 e. The molecule has 0 saturated carbocycles. The van der Waals surface area contributed by atoms with Gasteiger partial charge in [0.25, 0.3) is 0 Å². The summed E-state index contributed by atoms with van der Waals surface area (Å²) in [7, 11) is 0. The first kappa shape index (κ1) is 12.2. The van der Waals surface area contributed by atoms with Crippen molar-refractivity contribution >= 4 is 27.7 Å². The molecule has 1 aromatic heterocycles. The summed E-state index contributed by atoms with van der Waals surface area (Å²) in [4.78, 5) is 28.9. The van der Waals surface area contributed by atoms with Crippen molar-refractivity contribution in [2.24, 2.45) is 5.92 Å². The Bertz CT molecular complexity index is 444. The number of hydrogen-bond donors (Lipinski definition) is 0. The Balaban J connectivity index is 2.13. The van der Waals surface area contributed by atoms with Gasteiger partial charge in [-0.1, -0.05) is 6.92 Å². The van der Waals surface area contributed by atoms with Gasteiger partial charge in [0.05, 0.1) is 6.54 Å². The molecule has 0 unspecified atom stereocenters. The first-order valence-electron chi connectivity index (χ1n) is 5.49. The minimum Gasteiger partial charge on any atom is -0.278 e. The molecule has 0 N–H and O–H groups in total. The number of carbonyl (C=O) groups is 2. The quantitative estimate of drug-likeness (QED) is 0.786. The number of pyridine rings is 1. The largest absolute Gasteiger partial charge is 0.278 e. The molecule has 0 atom stereocenters. The number of halogens is 1. The summed E-state index contributed by atoms with van der Waals surface area (Å²) < 4.78 is 0.847. The van der Waals surface area contributed by atoms with Gasteiger partial charge in [0.15, 0.2) is 0 Å². The number of rotatable bonds is 2. The molecule has 0 spiro atoms. The minimum absolute atomic E-state index is 0.0891. The zero-order valence-corrected chi connectivity index (χ0v) is 11.1. The number of likely N-dealkylation sites (tertiary alicyclic amines) is 1. The zero-order valence-electron chi connectivity index (χ0n) is 9.52. The Morgan fingerprint density at radius 1 is 1.35 bits per heavy atom. The van der Waals surface area contributed by atoms with Gasteiger partial charge >= 0.3 is 0 Å².